The Balaban J connectivity index is 1.90. The van der Waals surface area contributed by atoms with E-state index in [4.69, 9.17) is 14.6 Å². The van der Waals surface area contributed by atoms with Crippen LogP contribution >= 0.6 is 0 Å². The minimum Gasteiger partial charge on any atom is -0.504 e. The number of phenols is 1. The highest BCUT2D eigenvalue weighted by molar-refractivity contribution is 6.09. The van der Waals surface area contributed by atoms with E-state index < -0.39 is 17.7 Å². The lowest BCUT2D eigenvalue weighted by Gasteiger charge is -2.27. The molecule has 32 heavy (non-hydrogen) atoms. The molecule has 2 aromatic carbocycles. The van der Waals surface area contributed by atoms with Crippen molar-refractivity contribution in [3.8, 4) is 11.5 Å². The van der Waals surface area contributed by atoms with Crippen LogP contribution in [-0.4, -0.2) is 65.4 Å². The molecule has 0 aliphatic carbocycles. The summed E-state index contributed by atoms with van der Waals surface area (Å²) in [5, 5.41) is 29.5. The van der Waals surface area contributed by atoms with E-state index in [0.717, 1.165) is 5.56 Å². The van der Waals surface area contributed by atoms with Crippen molar-refractivity contribution in [2.24, 2.45) is 0 Å². The SMILES string of the molecule is COc1cc(C2C(C(=O)CCc3ccccc3)=C(O)C(=O)N2CCOCCO)ccc1O. The minimum absolute atomic E-state index is 0.0147. The van der Waals surface area contributed by atoms with Crippen LogP contribution in [0.5, 0.6) is 11.5 Å². The van der Waals surface area contributed by atoms with Gasteiger partial charge in [0.2, 0.25) is 0 Å². The van der Waals surface area contributed by atoms with Gasteiger partial charge in [0.25, 0.3) is 5.91 Å². The number of aliphatic hydroxyl groups is 2. The summed E-state index contributed by atoms with van der Waals surface area (Å²) in [4.78, 5) is 27.4. The van der Waals surface area contributed by atoms with Gasteiger partial charge in [-0.25, -0.2) is 0 Å². The van der Waals surface area contributed by atoms with Crippen LogP contribution in [0.15, 0.2) is 59.9 Å². The number of rotatable bonds is 11. The molecule has 170 valence electrons. The summed E-state index contributed by atoms with van der Waals surface area (Å²) in [5.41, 5.74) is 1.51. The predicted molar refractivity (Wildman–Crippen MR) is 116 cm³/mol. The number of aryl methyl sites for hydroxylation is 1. The molecule has 3 rings (SSSR count). The number of methoxy groups -OCH3 is 1. The average Bonchev–Trinajstić information content (AvgIpc) is 3.06. The van der Waals surface area contributed by atoms with Crippen molar-refractivity contribution in [1.82, 2.24) is 4.90 Å². The van der Waals surface area contributed by atoms with Gasteiger partial charge in [-0.3, -0.25) is 9.59 Å². The van der Waals surface area contributed by atoms with Crippen LogP contribution < -0.4 is 4.74 Å². The summed E-state index contributed by atoms with van der Waals surface area (Å²) >= 11 is 0. The molecule has 0 aromatic heterocycles. The van der Waals surface area contributed by atoms with Crippen LogP contribution in [0.2, 0.25) is 0 Å². The summed E-state index contributed by atoms with van der Waals surface area (Å²) in [6, 6.07) is 13.2. The Morgan fingerprint density at radius 1 is 1.09 bits per heavy atom. The second-order valence-electron chi connectivity index (χ2n) is 7.34. The number of nitrogens with zero attached hydrogens (tertiary/aromatic N) is 1. The fraction of sp³-hybridized carbons (Fsp3) is 0.333. The molecule has 0 saturated carbocycles. The number of aliphatic hydroxyl groups excluding tert-OH is 2. The van der Waals surface area contributed by atoms with E-state index in [-0.39, 0.29) is 55.6 Å². The smallest absolute Gasteiger partial charge is 0.290 e. The van der Waals surface area contributed by atoms with Crippen LogP contribution in [-0.2, 0) is 20.7 Å². The zero-order chi connectivity index (χ0) is 23.1. The van der Waals surface area contributed by atoms with Crippen LogP contribution in [0.1, 0.15) is 23.6 Å². The van der Waals surface area contributed by atoms with Crippen molar-refractivity contribution in [2.75, 3.05) is 33.5 Å². The van der Waals surface area contributed by atoms with Gasteiger partial charge in [-0.15, -0.1) is 0 Å². The monoisotopic (exact) mass is 441 g/mol. The predicted octanol–water partition coefficient (Wildman–Crippen LogP) is 2.31. The Labute approximate surface area is 186 Å². The standard InChI is InChI=1S/C24H27NO7/c1-31-20-15-17(8-10-18(20)27)22-21(19(28)9-7-16-5-3-2-4-6-16)23(29)24(30)25(22)11-13-32-14-12-26/h2-6,8,10,15,22,26-27,29H,7,9,11-14H2,1H3. The van der Waals surface area contributed by atoms with Gasteiger partial charge in [-0.2, -0.15) is 0 Å². The zero-order valence-corrected chi connectivity index (χ0v) is 17.9. The maximum atomic E-state index is 13.2. The Kier molecular flexibility index (Phi) is 7.86. The lowest BCUT2D eigenvalue weighted by atomic mass is 9.93. The van der Waals surface area contributed by atoms with E-state index in [2.05, 4.69) is 0 Å². The maximum absolute atomic E-state index is 13.2. The number of ether oxygens (including phenoxy) is 2. The largest absolute Gasteiger partial charge is 0.504 e. The number of carbonyl (C=O) groups excluding carboxylic acids is 2. The summed E-state index contributed by atoms with van der Waals surface area (Å²) < 4.78 is 10.5. The van der Waals surface area contributed by atoms with Gasteiger partial charge < -0.3 is 29.7 Å². The molecule has 0 saturated heterocycles. The number of phenolic OH excluding ortho intramolecular Hbond substituents is 1. The Morgan fingerprint density at radius 3 is 2.53 bits per heavy atom. The van der Waals surface area contributed by atoms with Crippen molar-refractivity contribution < 1.29 is 34.4 Å². The van der Waals surface area contributed by atoms with Crippen molar-refractivity contribution >= 4 is 11.7 Å². The molecule has 3 N–H and O–H groups in total. The summed E-state index contributed by atoms with van der Waals surface area (Å²) in [6.07, 6.45) is 0.590. The Hall–Kier alpha value is -3.36. The number of Topliss-reactive ketones (excluding diaryl/α,β-unsaturated/α-hetero) is 1. The second-order valence-corrected chi connectivity index (χ2v) is 7.34. The summed E-state index contributed by atoms with van der Waals surface area (Å²) in [6.45, 7) is 0.185. The van der Waals surface area contributed by atoms with Gasteiger partial charge in [-0.05, 0) is 29.7 Å². The van der Waals surface area contributed by atoms with E-state index in [9.17, 15) is 19.8 Å². The number of ketones is 1. The van der Waals surface area contributed by atoms with Gasteiger partial charge in [0.15, 0.2) is 23.0 Å². The molecule has 1 amide bonds. The van der Waals surface area contributed by atoms with Crippen molar-refractivity contribution in [3.05, 3.63) is 71.0 Å². The normalized spacial score (nSPS) is 16.0. The number of carbonyl (C=O) groups is 2. The van der Waals surface area contributed by atoms with E-state index in [1.54, 1.807) is 6.07 Å². The van der Waals surface area contributed by atoms with Crippen LogP contribution in [0.4, 0.5) is 0 Å². The van der Waals surface area contributed by atoms with Crippen LogP contribution in [0, 0.1) is 0 Å². The topological polar surface area (TPSA) is 117 Å². The number of amides is 1. The lowest BCUT2D eigenvalue weighted by Crippen LogP contribution is -2.34. The van der Waals surface area contributed by atoms with Crippen LogP contribution in [0.25, 0.3) is 0 Å². The molecule has 8 nitrogen and oxygen atoms in total. The maximum Gasteiger partial charge on any atom is 0.290 e. The quantitative estimate of drug-likeness (QED) is 0.458. The molecule has 1 heterocycles. The summed E-state index contributed by atoms with van der Waals surface area (Å²) in [5.74, 6) is -1.48. The highest BCUT2D eigenvalue weighted by atomic mass is 16.5. The number of aromatic hydroxyl groups is 1. The van der Waals surface area contributed by atoms with E-state index >= 15 is 0 Å². The molecule has 1 atom stereocenters. The van der Waals surface area contributed by atoms with Crippen molar-refractivity contribution in [2.45, 2.75) is 18.9 Å². The van der Waals surface area contributed by atoms with Crippen LogP contribution in [0.3, 0.4) is 0 Å². The Morgan fingerprint density at radius 2 is 1.84 bits per heavy atom. The number of benzene rings is 2. The zero-order valence-electron chi connectivity index (χ0n) is 17.9. The van der Waals surface area contributed by atoms with Gasteiger partial charge in [0.05, 0.1) is 38.5 Å². The molecular weight excluding hydrogens is 414 g/mol. The van der Waals surface area contributed by atoms with Gasteiger partial charge in [-0.1, -0.05) is 36.4 Å². The lowest BCUT2D eigenvalue weighted by molar-refractivity contribution is -0.130. The first-order valence-electron chi connectivity index (χ1n) is 10.3. The average molecular weight is 441 g/mol. The van der Waals surface area contributed by atoms with E-state index in [1.165, 1.54) is 24.1 Å². The number of hydrogen-bond acceptors (Lipinski definition) is 7. The van der Waals surface area contributed by atoms with Crippen molar-refractivity contribution in [1.29, 1.82) is 0 Å². The molecule has 0 bridgehead atoms. The summed E-state index contributed by atoms with van der Waals surface area (Å²) in [7, 11) is 1.40. The third kappa shape index (κ3) is 5.09. The molecule has 0 radical (unpaired) electrons. The molecule has 0 fully saturated rings. The van der Waals surface area contributed by atoms with Gasteiger partial charge >= 0.3 is 0 Å². The minimum atomic E-state index is -0.849. The molecule has 1 aliphatic heterocycles. The fourth-order valence-electron chi connectivity index (χ4n) is 3.75. The van der Waals surface area contributed by atoms with Gasteiger partial charge in [0, 0.05) is 13.0 Å². The van der Waals surface area contributed by atoms with Gasteiger partial charge in [0.1, 0.15) is 0 Å². The Bertz CT molecular complexity index is 987. The molecule has 8 heteroatoms. The molecular formula is C24H27NO7. The van der Waals surface area contributed by atoms with E-state index in [0.29, 0.717) is 12.0 Å². The molecule has 1 unspecified atom stereocenters. The first kappa shape index (κ1) is 23.3. The third-order valence-corrected chi connectivity index (χ3v) is 5.32. The first-order chi connectivity index (χ1) is 15.5. The second kappa shape index (κ2) is 10.8. The highest BCUT2D eigenvalue weighted by Crippen LogP contribution is 2.40. The van der Waals surface area contributed by atoms with E-state index in [1.807, 2.05) is 30.3 Å². The molecule has 2 aromatic rings. The number of hydrogen-bond donors (Lipinski definition) is 3. The fourth-order valence-corrected chi connectivity index (χ4v) is 3.75. The molecule has 1 aliphatic rings. The third-order valence-electron chi connectivity index (χ3n) is 5.32. The first-order valence-corrected chi connectivity index (χ1v) is 10.3. The molecule has 0 spiro atoms. The highest BCUT2D eigenvalue weighted by Gasteiger charge is 2.43. The van der Waals surface area contributed by atoms with Crippen molar-refractivity contribution in [3.63, 3.8) is 0 Å².